The maximum Gasteiger partial charge on any atom is 0.511 e. The van der Waals surface area contributed by atoms with Crippen LogP contribution in [-0.4, -0.2) is 11.3 Å². The van der Waals surface area contributed by atoms with Crippen molar-refractivity contribution in [3.63, 3.8) is 0 Å². The van der Waals surface area contributed by atoms with E-state index >= 15 is 0 Å². The fourth-order valence-electron chi connectivity index (χ4n) is 3.58. The molecule has 26 heavy (non-hydrogen) atoms. The molecule has 0 bridgehead atoms. The molecule has 148 valence electrons. The van der Waals surface area contributed by atoms with E-state index in [2.05, 4.69) is 27.7 Å². The largest absolute Gasteiger partial charge is 0.511 e. The first-order valence-electron chi connectivity index (χ1n) is 10.7. The second kappa shape index (κ2) is 12.8. The Hall–Kier alpha value is -1.51. The van der Waals surface area contributed by atoms with E-state index in [4.69, 9.17) is 4.74 Å². The van der Waals surface area contributed by atoms with Gasteiger partial charge in [0.25, 0.3) is 0 Å². The molecule has 1 aromatic carbocycles. The lowest BCUT2D eigenvalue weighted by atomic mass is 9.85. The standard InChI is InChI=1S/C23H38O3/c1-5-9-13-18-17-22(26-23(24)25)21(16-12-8-4)20(15-11-7-3)19(18)14-10-6-2/h17H,5-16H2,1-4H3,(H,24,25). The van der Waals surface area contributed by atoms with Crippen LogP contribution in [0.1, 0.15) is 101 Å². The van der Waals surface area contributed by atoms with Crippen molar-refractivity contribution in [3.05, 3.63) is 28.3 Å². The number of rotatable bonds is 13. The van der Waals surface area contributed by atoms with Crippen molar-refractivity contribution in [2.24, 2.45) is 0 Å². The van der Waals surface area contributed by atoms with E-state index in [0.717, 1.165) is 69.8 Å². The average Bonchev–Trinajstić information content (AvgIpc) is 2.62. The smallest absolute Gasteiger partial charge is 0.449 e. The predicted molar refractivity (Wildman–Crippen MR) is 110 cm³/mol. The number of carbonyl (C=O) groups is 1. The quantitative estimate of drug-likeness (QED) is 0.300. The third-order valence-electron chi connectivity index (χ3n) is 5.06. The van der Waals surface area contributed by atoms with Crippen LogP contribution >= 0.6 is 0 Å². The number of hydrogen-bond acceptors (Lipinski definition) is 2. The van der Waals surface area contributed by atoms with Crippen molar-refractivity contribution in [3.8, 4) is 5.75 Å². The normalized spacial score (nSPS) is 10.9. The molecular formula is C23H38O3. The zero-order valence-electron chi connectivity index (χ0n) is 17.3. The first-order valence-corrected chi connectivity index (χ1v) is 10.7. The molecule has 0 unspecified atom stereocenters. The fourth-order valence-corrected chi connectivity index (χ4v) is 3.58. The highest BCUT2D eigenvalue weighted by Gasteiger charge is 2.19. The van der Waals surface area contributed by atoms with E-state index in [1.165, 1.54) is 29.5 Å². The molecule has 0 aliphatic heterocycles. The summed E-state index contributed by atoms with van der Waals surface area (Å²) in [4.78, 5) is 11.3. The third-order valence-corrected chi connectivity index (χ3v) is 5.06. The Bertz CT molecular complexity index is 549. The zero-order chi connectivity index (χ0) is 19.4. The Morgan fingerprint density at radius 1 is 0.769 bits per heavy atom. The van der Waals surface area contributed by atoms with Crippen LogP contribution in [0.15, 0.2) is 6.07 Å². The number of benzene rings is 1. The van der Waals surface area contributed by atoms with E-state index in [1.807, 2.05) is 6.07 Å². The van der Waals surface area contributed by atoms with Crippen molar-refractivity contribution in [2.75, 3.05) is 0 Å². The molecule has 1 N–H and O–H groups in total. The lowest BCUT2D eigenvalue weighted by Gasteiger charge is -2.22. The second-order valence-corrected chi connectivity index (χ2v) is 7.25. The summed E-state index contributed by atoms with van der Waals surface area (Å²) in [6, 6.07) is 2.04. The lowest BCUT2D eigenvalue weighted by Crippen LogP contribution is -2.12. The van der Waals surface area contributed by atoms with Crippen LogP contribution in [0.5, 0.6) is 5.75 Å². The minimum atomic E-state index is -1.20. The molecule has 1 rings (SSSR count). The molecule has 0 atom stereocenters. The molecule has 3 heteroatoms. The number of unbranched alkanes of at least 4 members (excludes halogenated alkanes) is 4. The van der Waals surface area contributed by atoms with E-state index in [0.29, 0.717) is 5.75 Å². The highest BCUT2D eigenvalue weighted by atomic mass is 16.7. The Kier molecular flexibility index (Phi) is 11.1. The highest BCUT2D eigenvalue weighted by Crippen LogP contribution is 2.34. The Labute approximate surface area is 160 Å². The minimum absolute atomic E-state index is 0.586. The van der Waals surface area contributed by atoms with Gasteiger partial charge < -0.3 is 9.84 Å². The monoisotopic (exact) mass is 362 g/mol. The van der Waals surface area contributed by atoms with E-state index in [9.17, 15) is 9.90 Å². The molecule has 0 spiro atoms. The maximum absolute atomic E-state index is 11.3. The molecule has 0 aliphatic rings. The SMILES string of the molecule is CCCCc1cc(OC(=O)O)c(CCCC)c(CCCC)c1CCCC. The molecule has 0 heterocycles. The van der Waals surface area contributed by atoms with Crippen molar-refractivity contribution >= 4 is 6.16 Å². The summed E-state index contributed by atoms with van der Waals surface area (Å²) in [7, 11) is 0. The Morgan fingerprint density at radius 2 is 1.23 bits per heavy atom. The molecule has 0 radical (unpaired) electrons. The Morgan fingerprint density at radius 3 is 1.73 bits per heavy atom. The van der Waals surface area contributed by atoms with Gasteiger partial charge in [0, 0.05) is 0 Å². The highest BCUT2D eigenvalue weighted by molar-refractivity contribution is 5.64. The minimum Gasteiger partial charge on any atom is -0.449 e. The van der Waals surface area contributed by atoms with Gasteiger partial charge in [-0.05, 0) is 79.7 Å². The van der Waals surface area contributed by atoms with Crippen LogP contribution in [0.25, 0.3) is 0 Å². The summed E-state index contributed by atoms with van der Waals surface area (Å²) < 4.78 is 5.26. The average molecular weight is 363 g/mol. The van der Waals surface area contributed by atoms with Crippen LogP contribution < -0.4 is 4.74 Å². The van der Waals surface area contributed by atoms with Gasteiger partial charge in [-0.25, -0.2) is 4.79 Å². The molecule has 0 fully saturated rings. The van der Waals surface area contributed by atoms with Crippen LogP contribution in [0, 0.1) is 0 Å². The molecule has 0 saturated carbocycles. The third kappa shape index (κ3) is 7.01. The first kappa shape index (κ1) is 22.5. The molecule has 3 nitrogen and oxygen atoms in total. The number of hydrogen-bond donors (Lipinski definition) is 1. The van der Waals surface area contributed by atoms with Crippen LogP contribution in [0.2, 0.25) is 0 Å². The molecular weight excluding hydrogens is 324 g/mol. The first-order chi connectivity index (χ1) is 12.6. The Balaban J connectivity index is 3.48. The summed E-state index contributed by atoms with van der Waals surface area (Å²) in [5.74, 6) is 0.586. The summed E-state index contributed by atoms with van der Waals surface area (Å²) in [6.45, 7) is 8.83. The fraction of sp³-hybridized carbons (Fsp3) is 0.696. The summed E-state index contributed by atoms with van der Waals surface area (Å²) in [5.41, 5.74) is 5.33. The summed E-state index contributed by atoms with van der Waals surface area (Å²) in [6.07, 6.45) is 11.9. The van der Waals surface area contributed by atoms with Gasteiger partial charge in [-0.2, -0.15) is 0 Å². The van der Waals surface area contributed by atoms with E-state index in [-0.39, 0.29) is 0 Å². The number of ether oxygens (including phenoxy) is 1. The molecule has 0 saturated heterocycles. The topological polar surface area (TPSA) is 46.5 Å². The molecule has 1 aromatic rings. The van der Waals surface area contributed by atoms with Crippen molar-refractivity contribution < 1.29 is 14.6 Å². The maximum atomic E-state index is 11.3. The molecule has 0 amide bonds. The summed E-state index contributed by atoms with van der Waals surface area (Å²) >= 11 is 0. The summed E-state index contributed by atoms with van der Waals surface area (Å²) in [5, 5.41) is 9.24. The molecule has 0 aromatic heterocycles. The second-order valence-electron chi connectivity index (χ2n) is 7.25. The van der Waals surface area contributed by atoms with Gasteiger partial charge in [0.1, 0.15) is 5.75 Å². The van der Waals surface area contributed by atoms with E-state index in [1.54, 1.807) is 0 Å². The number of carboxylic acid groups (broad SMARTS) is 1. The van der Waals surface area contributed by atoms with Gasteiger partial charge in [-0.3, -0.25) is 0 Å². The van der Waals surface area contributed by atoms with Gasteiger partial charge in [-0.1, -0.05) is 53.4 Å². The van der Waals surface area contributed by atoms with Crippen LogP contribution in [-0.2, 0) is 25.7 Å². The van der Waals surface area contributed by atoms with E-state index < -0.39 is 6.16 Å². The lowest BCUT2D eigenvalue weighted by molar-refractivity contribution is 0.144. The van der Waals surface area contributed by atoms with Crippen molar-refractivity contribution in [1.29, 1.82) is 0 Å². The van der Waals surface area contributed by atoms with Crippen molar-refractivity contribution in [2.45, 2.75) is 105 Å². The van der Waals surface area contributed by atoms with Gasteiger partial charge in [0.05, 0.1) is 0 Å². The van der Waals surface area contributed by atoms with Crippen molar-refractivity contribution in [1.82, 2.24) is 0 Å². The van der Waals surface area contributed by atoms with Gasteiger partial charge in [-0.15, -0.1) is 0 Å². The predicted octanol–water partition coefficient (Wildman–Crippen LogP) is 7.11. The molecule has 0 aliphatic carbocycles. The van der Waals surface area contributed by atoms with Crippen LogP contribution in [0.3, 0.4) is 0 Å². The zero-order valence-corrected chi connectivity index (χ0v) is 17.3. The van der Waals surface area contributed by atoms with Crippen LogP contribution in [0.4, 0.5) is 4.79 Å². The number of aryl methyl sites for hydroxylation is 1. The van der Waals surface area contributed by atoms with Gasteiger partial charge >= 0.3 is 6.16 Å². The van der Waals surface area contributed by atoms with Gasteiger partial charge in [0.2, 0.25) is 0 Å². The van der Waals surface area contributed by atoms with Gasteiger partial charge in [0.15, 0.2) is 0 Å².